The molecule has 158 valence electrons. The van der Waals surface area contributed by atoms with Crippen LogP contribution in [-0.2, 0) is 12.4 Å². The van der Waals surface area contributed by atoms with E-state index >= 15 is 0 Å². The molecule has 2 N–H and O–H groups in total. The number of hydrogen-bond acceptors (Lipinski definition) is 3. The zero-order valence-electron chi connectivity index (χ0n) is 14.5. The van der Waals surface area contributed by atoms with Gasteiger partial charge in [0.25, 0.3) is 5.91 Å². The molecule has 3 rings (SSSR count). The standard InChI is InChI=1S/C18H10BrF6N3O2/c19-12-7-9(1-6-13(12)29)16(30)26-10-2-4-11(5-3-10)28-15(18(23,24)25)8-14(27-28)17(20,21)22/h1-8,29H,(H,26,30). The van der Waals surface area contributed by atoms with Crippen molar-refractivity contribution < 1.29 is 36.2 Å². The zero-order chi connectivity index (χ0) is 22.3. The van der Waals surface area contributed by atoms with E-state index in [0.717, 1.165) is 12.1 Å². The number of nitrogens with zero attached hydrogens (tertiary/aromatic N) is 2. The van der Waals surface area contributed by atoms with E-state index in [0.29, 0.717) is 0 Å². The molecular weight excluding hydrogens is 484 g/mol. The molecule has 12 heteroatoms. The second-order valence-corrected chi connectivity index (χ2v) is 6.84. The molecule has 0 aliphatic rings. The molecule has 0 saturated carbocycles. The molecule has 0 fully saturated rings. The molecule has 0 aliphatic carbocycles. The number of aromatic hydroxyl groups is 1. The predicted molar refractivity (Wildman–Crippen MR) is 97.3 cm³/mol. The fourth-order valence-electron chi connectivity index (χ4n) is 2.46. The summed E-state index contributed by atoms with van der Waals surface area (Å²) in [5.74, 6) is -0.647. The minimum Gasteiger partial charge on any atom is -0.507 e. The van der Waals surface area contributed by atoms with Crippen LogP contribution in [0.3, 0.4) is 0 Å². The van der Waals surface area contributed by atoms with Gasteiger partial charge in [-0.3, -0.25) is 4.79 Å². The summed E-state index contributed by atoms with van der Waals surface area (Å²) >= 11 is 3.06. The first-order valence-corrected chi connectivity index (χ1v) is 8.80. The van der Waals surface area contributed by atoms with Crippen molar-refractivity contribution in [1.82, 2.24) is 9.78 Å². The Labute approximate surface area is 173 Å². The topological polar surface area (TPSA) is 67.2 Å². The van der Waals surface area contributed by atoms with Gasteiger partial charge in [-0.05, 0) is 58.4 Å². The predicted octanol–water partition coefficient (Wildman–Crippen LogP) is 5.63. The van der Waals surface area contributed by atoms with Gasteiger partial charge in [-0.2, -0.15) is 31.4 Å². The molecule has 0 aliphatic heterocycles. The number of benzene rings is 2. The number of carbonyl (C=O) groups is 1. The number of alkyl halides is 6. The van der Waals surface area contributed by atoms with Gasteiger partial charge >= 0.3 is 12.4 Å². The van der Waals surface area contributed by atoms with E-state index < -0.39 is 29.6 Å². The van der Waals surface area contributed by atoms with Crippen molar-refractivity contribution in [2.45, 2.75) is 12.4 Å². The second kappa shape index (κ2) is 7.67. The number of phenolic OH excluding ortho intramolecular Hbond substituents is 1. The Morgan fingerprint density at radius 3 is 2.13 bits per heavy atom. The number of rotatable bonds is 3. The highest BCUT2D eigenvalue weighted by molar-refractivity contribution is 9.10. The highest BCUT2D eigenvalue weighted by Crippen LogP contribution is 2.36. The van der Waals surface area contributed by atoms with Gasteiger partial charge in [0.1, 0.15) is 11.4 Å². The lowest BCUT2D eigenvalue weighted by Gasteiger charge is -2.11. The summed E-state index contributed by atoms with van der Waals surface area (Å²) in [6, 6.07) is 8.54. The average molecular weight is 494 g/mol. The van der Waals surface area contributed by atoms with Crippen molar-refractivity contribution in [3.8, 4) is 11.4 Å². The minimum atomic E-state index is -5.06. The van der Waals surface area contributed by atoms with Gasteiger partial charge in [0, 0.05) is 17.3 Å². The van der Waals surface area contributed by atoms with Crippen molar-refractivity contribution >= 4 is 27.5 Å². The van der Waals surface area contributed by atoms with Gasteiger partial charge in [-0.25, -0.2) is 4.68 Å². The highest BCUT2D eigenvalue weighted by Gasteiger charge is 2.42. The molecule has 0 unspecified atom stereocenters. The number of phenols is 1. The normalized spacial score (nSPS) is 12.1. The maximum absolute atomic E-state index is 13.1. The Morgan fingerprint density at radius 1 is 0.967 bits per heavy atom. The molecule has 0 saturated heterocycles. The highest BCUT2D eigenvalue weighted by atomic mass is 79.9. The second-order valence-electron chi connectivity index (χ2n) is 5.99. The van der Waals surface area contributed by atoms with E-state index in [2.05, 4.69) is 26.3 Å². The Balaban J connectivity index is 1.88. The summed E-state index contributed by atoms with van der Waals surface area (Å²) < 4.78 is 78.2. The molecular formula is C18H10BrF6N3O2. The van der Waals surface area contributed by atoms with Crippen LogP contribution in [0.5, 0.6) is 5.75 Å². The van der Waals surface area contributed by atoms with Crippen LogP contribution in [0.25, 0.3) is 5.69 Å². The van der Waals surface area contributed by atoms with Gasteiger partial charge in [0.15, 0.2) is 5.69 Å². The molecule has 1 amide bonds. The van der Waals surface area contributed by atoms with E-state index in [1.54, 1.807) is 0 Å². The molecule has 0 bridgehead atoms. The number of nitrogens with one attached hydrogen (secondary N) is 1. The van der Waals surface area contributed by atoms with Crippen LogP contribution in [0.15, 0.2) is 53.0 Å². The van der Waals surface area contributed by atoms with Gasteiger partial charge < -0.3 is 10.4 Å². The van der Waals surface area contributed by atoms with Crippen LogP contribution in [-0.4, -0.2) is 20.8 Å². The molecule has 5 nitrogen and oxygen atoms in total. The van der Waals surface area contributed by atoms with Gasteiger partial charge in [0.05, 0.1) is 10.2 Å². The third-order valence-electron chi connectivity index (χ3n) is 3.87. The minimum absolute atomic E-state index is 0.0711. The van der Waals surface area contributed by atoms with E-state index in [4.69, 9.17) is 0 Å². The Kier molecular flexibility index (Phi) is 5.54. The summed E-state index contributed by atoms with van der Waals surface area (Å²) in [4.78, 5) is 12.2. The summed E-state index contributed by atoms with van der Waals surface area (Å²) in [5, 5.41) is 15.0. The monoisotopic (exact) mass is 493 g/mol. The Morgan fingerprint density at radius 2 is 1.60 bits per heavy atom. The van der Waals surface area contributed by atoms with Crippen LogP contribution in [0.4, 0.5) is 32.0 Å². The molecule has 2 aromatic carbocycles. The third-order valence-corrected chi connectivity index (χ3v) is 4.51. The van der Waals surface area contributed by atoms with Crippen LogP contribution in [0.1, 0.15) is 21.7 Å². The van der Waals surface area contributed by atoms with E-state index in [9.17, 15) is 36.2 Å². The van der Waals surface area contributed by atoms with Crippen LogP contribution >= 0.6 is 15.9 Å². The third kappa shape index (κ3) is 4.58. The Bertz CT molecular complexity index is 1090. The maximum atomic E-state index is 13.1. The van der Waals surface area contributed by atoms with Crippen molar-refractivity contribution in [2.24, 2.45) is 0 Å². The maximum Gasteiger partial charge on any atom is 0.435 e. The molecule has 1 aromatic heterocycles. The van der Waals surface area contributed by atoms with Crippen molar-refractivity contribution in [3.63, 3.8) is 0 Å². The Hall–Kier alpha value is -3.02. The fourth-order valence-corrected chi connectivity index (χ4v) is 2.83. The van der Waals surface area contributed by atoms with Crippen molar-refractivity contribution in [3.05, 3.63) is 70.0 Å². The van der Waals surface area contributed by atoms with E-state index in [-0.39, 0.29) is 37.9 Å². The summed E-state index contributed by atoms with van der Waals surface area (Å²) in [6.07, 6.45) is -10.1. The summed E-state index contributed by atoms with van der Waals surface area (Å²) in [6.45, 7) is 0. The van der Waals surface area contributed by atoms with E-state index in [1.807, 2.05) is 0 Å². The van der Waals surface area contributed by atoms with Crippen LogP contribution in [0, 0.1) is 0 Å². The lowest BCUT2D eigenvalue weighted by molar-refractivity contribution is -0.143. The number of anilines is 1. The van der Waals surface area contributed by atoms with E-state index in [1.165, 1.54) is 30.3 Å². The molecule has 30 heavy (non-hydrogen) atoms. The van der Waals surface area contributed by atoms with Crippen molar-refractivity contribution in [2.75, 3.05) is 5.32 Å². The fraction of sp³-hybridized carbons (Fsp3) is 0.111. The lowest BCUT2D eigenvalue weighted by atomic mass is 10.2. The number of carbonyl (C=O) groups excluding carboxylic acids is 1. The number of hydrogen-bond donors (Lipinski definition) is 2. The first-order chi connectivity index (χ1) is 13.9. The van der Waals surface area contributed by atoms with Crippen LogP contribution < -0.4 is 5.32 Å². The molecule has 0 spiro atoms. The summed E-state index contributed by atoms with van der Waals surface area (Å²) in [5.41, 5.74) is -3.16. The number of amides is 1. The van der Waals surface area contributed by atoms with Crippen molar-refractivity contribution in [1.29, 1.82) is 0 Å². The zero-order valence-corrected chi connectivity index (χ0v) is 16.1. The average Bonchev–Trinajstić information content (AvgIpc) is 3.11. The SMILES string of the molecule is O=C(Nc1ccc(-n2nc(C(F)(F)F)cc2C(F)(F)F)cc1)c1ccc(O)c(Br)c1. The number of halogens is 7. The summed E-state index contributed by atoms with van der Waals surface area (Å²) in [7, 11) is 0. The molecule has 3 aromatic rings. The quantitative estimate of drug-likeness (QED) is 0.464. The first-order valence-electron chi connectivity index (χ1n) is 8.01. The first kappa shape index (κ1) is 21.7. The van der Waals surface area contributed by atoms with Gasteiger partial charge in [-0.15, -0.1) is 0 Å². The lowest BCUT2D eigenvalue weighted by Crippen LogP contribution is -2.14. The van der Waals surface area contributed by atoms with Gasteiger partial charge in [0.2, 0.25) is 0 Å². The molecule has 1 heterocycles. The molecule has 0 atom stereocenters. The molecule has 0 radical (unpaired) electrons. The van der Waals surface area contributed by atoms with Gasteiger partial charge in [-0.1, -0.05) is 0 Å². The smallest absolute Gasteiger partial charge is 0.435 e. The van der Waals surface area contributed by atoms with Crippen LogP contribution in [0.2, 0.25) is 0 Å². The largest absolute Gasteiger partial charge is 0.507 e. The number of aromatic nitrogens is 2.